The molecule has 1 rings (SSSR count). The lowest BCUT2D eigenvalue weighted by Gasteiger charge is -2.02. The predicted molar refractivity (Wildman–Crippen MR) is 61.5 cm³/mol. The summed E-state index contributed by atoms with van der Waals surface area (Å²) in [5.74, 6) is -1.43. The number of hydrogen-bond donors (Lipinski definition) is 1. The van der Waals surface area contributed by atoms with Crippen LogP contribution in [0.5, 0.6) is 0 Å². The summed E-state index contributed by atoms with van der Waals surface area (Å²) < 4.78 is 0. The lowest BCUT2D eigenvalue weighted by Crippen LogP contribution is -2.14. The average Bonchev–Trinajstić information content (AvgIpc) is 2.26. The van der Waals surface area contributed by atoms with Gasteiger partial charge < -0.3 is 9.94 Å². The third-order valence-electron chi connectivity index (χ3n) is 2.10. The van der Waals surface area contributed by atoms with Crippen LogP contribution in [0.3, 0.4) is 0 Å². The van der Waals surface area contributed by atoms with Crippen LogP contribution in [-0.4, -0.2) is 23.9 Å². The maximum Gasteiger partial charge on any atom is 0.309 e. The van der Waals surface area contributed by atoms with Gasteiger partial charge in [0.2, 0.25) is 0 Å². The Labute approximate surface area is 94.5 Å². The van der Waals surface area contributed by atoms with Gasteiger partial charge in [0, 0.05) is 0 Å². The van der Waals surface area contributed by atoms with Gasteiger partial charge in [-0.05, 0) is 19.4 Å². The number of hydrogen-bond acceptors (Lipinski definition) is 3. The van der Waals surface area contributed by atoms with Crippen molar-refractivity contribution in [1.82, 2.24) is 0 Å². The quantitative estimate of drug-likeness (QED) is 0.611. The standard InChI is InChI=1S/C12H15NO3/c1-9-3-5-11(6-4-9)7-13-16-8-10(2)12(14)15/h3-7,10H,8H2,1-2H3,(H,14,15)/b13-7+/t10-/m0/s1. The summed E-state index contributed by atoms with van der Waals surface area (Å²) in [6.45, 7) is 3.66. The Balaban J connectivity index is 2.37. The minimum absolute atomic E-state index is 0.0810. The van der Waals surface area contributed by atoms with Gasteiger partial charge in [-0.15, -0.1) is 0 Å². The molecule has 0 spiro atoms. The van der Waals surface area contributed by atoms with Crippen LogP contribution in [0.1, 0.15) is 18.1 Å². The number of aryl methyl sites for hydroxylation is 1. The molecule has 0 bridgehead atoms. The summed E-state index contributed by atoms with van der Waals surface area (Å²) in [6, 6.07) is 7.79. The molecule has 0 unspecified atom stereocenters. The lowest BCUT2D eigenvalue weighted by atomic mass is 10.2. The SMILES string of the molecule is Cc1ccc(/C=N/OC[C@H](C)C(=O)O)cc1. The van der Waals surface area contributed by atoms with E-state index in [4.69, 9.17) is 9.94 Å². The summed E-state index contributed by atoms with van der Waals surface area (Å²) in [6.07, 6.45) is 1.56. The van der Waals surface area contributed by atoms with Crippen LogP contribution in [-0.2, 0) is 9.63 Å². The van der Waals surface area contributed by atoms with Crippen molar-refractivity contribution in [2.24, 2.45) is 11.1 Å². The molecule has 0 amide bonds. The van der Waals surface area contributed by atoms with Gasteiger partial charge in [0.1, 0.15) is 6.61 Å². The van der Waals surface area contributed by atoms with Crippen molar-refractivity contribution >= 4 is 12.2 Å². The topological polar surface area (TPSA) is 58.9 Å². The van der Waals surface area contributed by atoms with Crippen molar-refractivity contribution in [1.29, 1.82) is 0 Å². The Morgan fingerprint density at radius 3 is 2.69 bits per heavy atom. The molecule has 0 aromatic heterocycles. The number of aliphatic carboxylic acids is 1. The molecule has 4 heteroatoms. The number of rotatable bonds is 5. The molecule has 0 saturated heterocycles. The largest absolute Gasteiger partial charge is 0.481 e. The fourth-order valence-corrected chi connectivity index (χ4v) is 0.977. The van der Waals surface area contributed by atoms with E-state index in [1.54, 1.807) is 13.1 Å². The van der Waals surface area contributed by atoms with Crippen molar-refractivity contribution in [3.63, 3.8) is 0 Å². The fraction of sp³-hybridized carbons (Fsp3) is 0.333. The number of benzene rings is 1. The second-order valence-electron chi connectivity index (χ2n) is 3.68. The van der Waals surface area contributed by atoms with Crippen LogP contribution in [0, 0.1) is 12.8 Å². The zero-order chi connectivity index (χ0) is 12.0. The molecule has 0 aliphatic rings. The summed E-state index contributed by atoms with van der Waals surface area (Å²) >= 11 is 0. The minimum Gasteiger partial charge on any atom is -0.481 e. The van der Waals surface area contributed by atoms with Gasteiger partial charge in [-0.25, -0.2) is 0 Å². The highest BCUT2D eigenvalue weighted by atomic mass is 16.6. The molecule has 0 aliphatic heterocycles. The van der Waals surface area contributed by atoms with E-state index in [0.717, 1.165) is 5.56 Å². The number of nitrogens with zero attached hydrogens (tertiary/aromatic N) is 1. The van der Waals surface area contributed by atoms with Gasteiger partial charge in [-0.3, -0.25) is 4.79 Å². The van der Waals surface area contributed by atoms with Crippen LogP contribution in [0.25, 0.3) is 0 Å². The molecule has 1 aromatic carbocycles. The number of carboxylic acid groups (broad SMARTS) is 1. The molecule has 4 nitrogen and oxygen atoms in total. The van der Waals surface area contributed by atoms with Gasteiger partial charge in [0.05, 0.1) is 12.1 Å². The molecule has 16 heavy (non-hydrogen) atoms. The lowest BCUT2D eigenvalue weighted by molar-refractivity contribution is -0.143. The van der Waals surface area contributed by atoms with Gasteiger partial charge >= 0.3 is 5.97 Å². The van der Waals surface area contributed by atoms with Crippen molar-refractivity contribution in [2.45, 2.75) is 13.8 Å². The maximum atomic E-state index is 10.5. The maximum absolute atomic E-state index is 10.5. The molecule has 0 heterocycles. The molecule has 86 valence electrons. The van der Waals surface area contributed by atoms with Crippen LogP contribution in [0.2, 0.25) is 0 Å². The van der Waals surface area contributed by atoms with Crippen molar-refractivity contribution in [3.8, 4) is 0 Å². The molecule has 0 fully saturated rings. The van der Waals surface area contributed by atoms with Crippen molar-refractivity contribution in [2.75, 3.05) is 6.61 Å². The van der Waals surface area contributed by atoms with Crippen LogP contribution >= 0.6 is 0 Å². The van der Waals surface area contributed by atoms with Crippen LogP contribution < -0.4 is 0 Å². The molecule has 1 N–H and O–H groups in total. The predicted octanol–water partition coefficient (Wildman–Crippen LogP) is 2.07. The monoisotopic (exact) mass is 221 g/mol. The second kappa shape index (κ2) is 5.90. The fourth-order valence-electron chi connectivity index (χ4n) is 0.977. The normalized spacial score (nSPS) is 12.6. The smallest absolute Gasteiger partial charge is 0.309 e. The Hall–Kier alpha value is -1.84. The second-order valence-corrected chi connectivity index (χ2v) is 3.68. The Morgan fingerprint density at radius 1 is 1.50 bits per heavy atom. The first-order chi connectivity index (χ1) is 7.59. The van der Waals surface area contributed by atoms with E-state index in [1.807, 2.05) is 31.2 Å². The molecular formula is C12H15NO3. The first-order valence-corrected chi connectivity index (χ1v) is 5.04. The molecule has 1 atom stereocenters. The summed E-state index contributed by atoms with van der Waals surface area (Å²) in [4.78, 5) is 15.3. The van der Waals surface area contributed by atoms with E-state index in [1.165, 1.54) is 5.56 Å². The highest BCUT2D eigenvalue weighted by Crippen LogP contribution is 2.01. The van der Waals surface area contributed by atoms with E-state index >= 15 is 0 Å². The zero-order valence-electron chi connectivity index (χ0n) is 9.38. The van der Waals surface area contributed by atoms with Gasteiger partial charge in [-0.1, -0.05) is 35.0 Å². The van der Waals surface area contributed by atoms with E-state index in [0.29, 0.717) is 0 Å². The first kappa shape index (κ1) is 12.2. The van der Waals surface area contributed by atoms with Gasteiger partial charge in [0.25, 0.3) is 0 Å². The zero-order valence-corrected chi connectivity index (χ0v) is 9.38. The van der Waals surface area contributed by atoms with E-state index in [9.17, 15) is 4.79 Å². The van der Waals surface area contributed by atoms with E-state index in [2.05, 4.69) is 5.16 Å². The first-order valence-electron chi connectivity index (χ1n) is 5.04. The van der Waals surface area contributed by atoms with Crippen molar-refractivity contribution < 1.29 is 14.7 Å². The number of oxime groups is 1. The summed E-state index contributed by atoms with van der Waals surface area (Å²) in [7, 11) is 0. The Kier molecular flexibility index (Phi) is 4.51. The van der Waals surface area contributed by atoms with Crippen molar-refractivity contribution in [3.05, 3.63) is 35.4 Å². The van der Waals surface area contributed by atoms with Crippen LogP contribution in [0.15, 0.2) is 29.4 Å². The summed E-state index contributed by atoms with van der Waals surface area (Å²) in [5.41, 5.74) is 2.10. The molecule has 1 aromatic rings. The molecule has 0 saturated carbocycles. The third-order valence-corrected chi connectivity index (χ3v) is 2.10. The summed E-state index contributed by atoms with van der Waals surface area (Å²) in [5, 5.41) is 12.3. The molecular weight excluding hydrogens is 206 g/mol. The third kappa shape index (κ3) is 4.13. The molecule has 0 radical (unpaired) electrons. The van der Waals surface area contributed by atoms with Crippen LogP contribution in [0.4, 0.5) is 0 Å². The van der Waals surface area contributed by atoms with Gasteiger partial charge in [-0.2, -0.15) is 0 Å². The highest BCUT2D eigenvalue weighted by molar-refractivity contribution is 5.79. The Bertz CT molecular complexity index is 370. The number of carbonyl (C=O) groups is 1. The average molecular weight is 221 g/mol. The highest BCUT2D eigenvalue weighted by Gasteiger charge is 2.10. The van der Waals surface area contributed by atoms with E-state index in [-0.39, 0.29) is 6.61 Å². The van der Waals surface area contributed by atoms with Gasteiger partial charge in [0.15, 0.2) is 0 Å². The Morgan fingerprint density at radius 2 is 2.12 bits per heavy atom. The number of carboxylic acids is 1. The molecule has 0 aliphatic carbocycles. The van der Waals surface area contributed by atoms with E-state index < -0.39 is 11.9 Å². The minimum atomic E-state index is -0.884.